The minimum absolute atomic E-state index is 0.194. The molecule has 0 fully saturated rings. The zero-order valence-electron chi connectivity index (χ0n) is 11.1. The molecule has 3 aromatic heterocycles. The molecule has 3 aromatic rings. The third kappa shape index (κ3) is 2.89. The van der Waals surface area contributed by atoms with E-state index in [0.29, 0.717) is 23.0 Å². The number of anilines is 2. The molecule has 0 unspecified atom stereocenters. The van der Waals surface area contributed by atoms with Gasteiger partial charge in [0, 0.05) is 31.5 Å². The van der Waals surface area contributed by atoms with Crippen molar-refractivity contribution in [2.45, 2.75) is 6.92 Å². The zero-order chi connectivity index (χ0) is 14.8. The lowest BCUT2D eigenvalue weighted by atomic mass is 10.4. The number of aromatic nitrogens is 4. The summed E-state index contributed by atoms with van der Waals surface area (Å²) in [6.07, 6.45) is 3.25. The van der Waals surface area contributed by atoms with Crippen LogP contribution in [0.2, 0.25) is 0 Å². The van der Waals surface area contributed by atoms with Crippen LogP contribution in [0.5, 0.6) is 11.5 Å². The highest BCUT2D eigenvalue weighted by molar-refractivity contribution is 5.87. The van der Waals surface area contributed by atoms with Gasteiger partial charge >= 0.3 is 0 Å². The van der Waals surface area contributed by atoms with Gasteiger partial charge in [-0.25, -0.2) is 9.50 Å². The first-order valence-electron chi connectivity index (χ1n) is 6.13. The lowest BCUT2D eigenvalue weighted by Gasteiger charge is -2.07. The number of nitrogens with zero attached hydrogens (tertiary/aromatic N) is 4. The van der Waals surface area contributed by atoms with Gasteiger partial charge in [-0.2, -0.15) is 4.98 Å². The third-order valence-corrected chi connectivity index (χ3v) is 2.60. The first kappa shape index (κ1) is 12.9. The number of nitrogen functional groups attached to an aromatic ring is 1. The molecule has 3 heterocycles. The quantitative estimate of drug-likeness (QED) is 0.753. The van der Waals surface area contributed by atoms with Gasteiger partial charge in [0.15, 0.2) is 5.65 Å². The van der Waals surface area contributed by atoms with Crippen molar-refractivity contribution in [3.8, 4) is 11.5 Å². The van der Waals surface area contributed by atoms with E-state index in [2.05, 4.69) is 20.4 Å². The molecule has 8 nitrogen and oxygen atoms in total. The number of carbonyl (C=O) groups is 1. The summed E-state index contributed by atoms with van der Waals surface area (Å²) in [6, 6.07) is 6.76. The van der Waals surface area contributed by atoms with E-state index < -0.39 is 0 Å². The molecule has 21 heavy (non-hydrogen) atoms. The molecule has 106 valence electrons. The van der Waals surface area contributed by atoms with Gasteiger partial charge < -0.3 is 15.8 Å². The van der Waals surface area contributed by atoms with E-state index in [1.54, 1.807) is 41.2 Å². The van der Waals surface area contributed by atoms with Crippen molar-refractivity contribution in [1.29, 1.82) is 0 Å². The molecule has 1 amide bonds. The van der Waals surface area contributed by atoms with Crippen LogP contribution in [0.15, 0.2) is 36.7 Å². The second-order valence-electron chi connectivity index (χ2n) is 4.30. The molecule has 8 heteroatoms. The molecule has 0 atom stereocenters. The summed E-state index contributed by atoms with van der Waals surface area (Å²) in [5, 5.41) is 6.57. The van der Waals surface area contributed by atoms with Crippen LogP contribution in [0.25, 0.3) is 5.65 Å². The minimum Gasteiger partial charge on any atom is -0.457 e. The first-order valence-corrected chi connectivity index (χ1v) is 6.13. The maximum absolute atomic E-state index is 11.0. The average Bonchev–Trinajstić information content (AvgIpc) is 2.77. The van der Waals surface area contributed by atoms with Crippen molar-refractivity contribution in [3.63, 3.8) is 0 Å². The smallest absolute Gasteiger partial charge is 0.240 e. The van der Waals surface area contributed by atoms with Gasteiger partial charge in [-0.3, -0.25) is 4.79 Å². The van der Waals surface area contributed by atoms with E-state index in [4.69, 9.17) is 10.5 Å². The number of pyridine rings is 2. The number of hydrogen-bond donors (Lipinski definition) is 2. The molecular formula is C13H12N6O2. The molecule has 0 saturated carbocycles. The van der Waals surface area contributed by atoms with Gasteiger partial charge in [0.25, 0.3) is 0 Å². The molecular weight excluding hydrogens is 272 g/mol. The molecule has 3 rings (SSSR count). The van der Waals surface area contributed by atoms with Crippen molar-refractivity contribution < 1.29 is 9.53 Å². The highest BCUT2D eigenvalue weighted by Gasteiger charge is 2.05. The Kier molecular flexibility index (Phi) is 3.11. The fourth-order valence-electron chi connectivity index (χ4n) is 1.80. The highest BCUT2D eigenvalue weighted by atomic mass is 16.5. The lowest BCUT2D eigenvalue weighted by Crippen LogP contribution is -2.07. The predicted octanol–water partition coefficient (Wildman–Crippen LogP) is 1.46. The fraction of sp³-hybridized carbons (Fsp3) is 0.0769. The Bertz CT molecular complexity index is 813. The maximum atomic E-state index is 11.0. The largest absolute Gasteiger partial charge is 0.457 e. The summed E-state index contributed by atoms with van der Waals surface area (Å²) in [7, 11) is 0. The Morgan fingerprint density at radius 3 is 2.95 bits per heavy atom. The van der Waals surface area contributed by atoms with Gasteiger partial charge in [0.05, 0.1) is 0 Å². The number of nitrogens with one attached hydrogen (secondary N) is 1. The molecule has 0 aliphatic carbocycles. The molecule has 0 spiro atoms. The Morgan fingerprint density at radius 2 is 2.14 bits per heavy atom. The van der Waals surface area contributed by atoms with Crippen LogP contribution < -0.4 is 15.8 Å². The van der Waals surface area contributed by atoms with Gasteiger partial charge in [0.1, 0.15) is 17.3 Å². The summed E-state index contributed by atoms with van der Waals surface area (Å²) in [5.74, 6) is 1.55. The summed E-state index contributed by atoms with van der Waals surface area (Å²) in [4.78, 5) is 19.1. The standard InChI is InChI=1S/C13H12N6O2/c1-8(20)16-11-6-9(2-4-15-11)21-10-3-5-19-12(7-10)17-13(14)18-19/h2-7H,1H3,(H2,14,18)(H,15,16,20). The summed E-state index contributed by atoms with van der Waals surface area (Å²) >= 11 is 0. The topological polar surface area (TPSA) is 107 Å². The normalized spacial score (nSPS) is 10.5. The van der Waals surface area contributed by atoms with E-state index in [9.17, 15) is 4.79 Å². The van der Waals surface area contributed by atoms with Crippen molar-refractivity contribution in [2.75, 3.05) is 11.1 Å². The molecule has 3 N–H and O–H groups in total. The van der Waals surface area contributed by atoms with Crippen molar-refractivity contribution >= 4 is 23.3 Å². The number of fused-ring (bicyclic) bond motifs is 1. The fourth-order valence-corrected chi connectivity index (χ4v) is 1.80. The van der Waals surface area contributed by atoms with Crippen LogP contribution in [0.1, 0.15) is 6.92 Å². The van der Waals surface area contributed by atoms with E-state index in [-0.39, 0.29) is 11.9 Å². The number of ether oxygens (including phenoxy) is 1. The number of hydrogen-bond acceptors (Lipinski definition) is 6. The molecule has 0 aliphatic heterocycles. The first-order chi connectivity index (χ1) is 10.1. The monoisotopic (exact) mass is 284 g/mol. The molecule has 0 aromatic carbocycles. The molecule has 0 saturated heterocycles. The minimum atomic E-state index is -0.194. The Balaban J connectivity index is 1.85. The lowest BCUT2D eigenvalue weighted by molar-refractivity contribution is -0.114. The molecule has 0 aliphatic rings. The van der Waals surface area contributed by atoms with Crippen LogP contribution >= 0.6 is 0 Å². The van der Waals surface area contributed by atoms with Crippen molar-refractivity contribution in [2.24, 2.45) is 0 Å². The van der Waals surface area contributed by atoms with Crippen LogP contribution in [0, 0.1) is 0 Å². The van der Waals surface area contributed by atoms with Crippen LogP contribution in [-0.4, -0.2) is 25.5 Å². The average molecular weight is 284 g/mol. The molecule has 0 bridgehead atoms. The van der Waals surface area contributed by atoms with Crippen LogP contribution in [-0.2, 0) is 4.79 Å². The summed E-state index contributed by atoms with van der Waals surface area (Å²) in [6.45, 7) is 1.42. The predicted molar refractivity (Wildman–Crippen MR) is 76.0 cm³/mol. The Morgan fingerprint density at radius 1 is 1.33 bits per heavy atom. The van der Waals surface area contributed by atoms with Gasteiger partial charge in [-0.15, -0.1) is 5.10 Å². The Labute approximate surface area is 119 Å². The van der Waals surface area contributed by atoms with Gasteiger partial charge in [-0.1, -0.05) is 0 Å². The van der Waals surface area contributed by atoms with E-state index in [1.165, 1.54) is 6.92 Å². The van der Waals surface area contributed by atoms with E-state index >= 15 is 0 Å². The second-order valence-corrected chi connectivity index (χ2v) is 4.30. The van der Waals surface area contributed by atoms with Gasteiger partial charge in [-0.05, 0) is 12.1 Å². The number of amides is 1. The molecule has 0 radical (unpaired) electrons. The number of carbonyl (C=O) groups excluding carboxylic acids is 1. The summed E-state index contributed by atoms with van der Waals surface area (Å²) in [5.41, 5.74) is 6.11. The second kappa shape index (κ2) is 5.08. The highest BCUT2D eigenvalue weighted by Crippen LogP contribution is 2.23. The van der Waals surface area contributed by atoms with Crippen molar-refractivity contribution in [3.05, 3.63) is 36.7 Å². The van der Waals surface area contributed by atoms with E-state index in [1.807, 2.05) is 0 Å². The number of rotatable bonds is 3. The zero-order valence-corrected chi connectivity index (χ0v) is 11.1. The van der Waals surface area contributed by atoms with Crippen LogP contribution in [0.4, 0.5) is 11.8 Å². The summed E-state index contributed by atoms with van der Waals surface area (Å²) < 4.78 is 7.26. The van der Waals surface area contributed by atoms with Crippen molar-refractivity contribution in [1.82, 2.24) is 19.6 Å². The van der Waals surface area contributed by atoms with Gasteiger partial charge in [0.2, 0.25) is 11.9 Å². The van der Waals surface area contributed by atoms with Crippen LogP contribution in [0.3, 0.4) is 0 Å². The SMILES string of the molecule is CC(=O)Nc1cc(Oc2ccn3nc(N)nc3c2)ccn1. The van der Waals surface area contributed by atoms with E-state index in [0.717, 1.165) is 0 Å². The Hall–Kier alpha value is -3.16. The number of nitrogens with two attached hydrogens (primary N) is 1. The third-order valence-electron chi connectivity index (χ3n) is 2.60. The maximum Gasteiger partial charge on any atom is 0.240 e.